The molecule has 0 saturated carbocycles. The molecule has 7 heteroatoms. The smallest absolute Gasteiger partial charge is 0.246 e. The molecule has 2 N–H and O–H groups in total. The summed E-state index contributed by atoms with van der Waals surface area (Å²) in [6.07, 6.45) is 1.97. The molecule has 0 aromatic heterocycles. The van der Waals surface area contributed by atoms with Crippen LogP contribution in [0, 0.1) is 0 Å². The molecule has 2 aromatic rings. The van der Waals surface area contributed by atoms with Gasteiger partial charge in [0.2, 0.25) is 5.91 Å². The van der Waals surface area contributed by atoms with Gasteiger partial charge in [-0.1, -0.05) is 23.7 Å². The van der Waals surface area contributed by atoms with E-state index in [1.807, 2.05) is 30.5 Å². The molecule has 0 saturated heterocycles. The fourth-order valence-corrected chi connectivity index (χ4v) is 3.05. The lowest BCUT2D eigenvalue weighted by atomic mass is 10.2. The van der Waals surface area contributed by atoms with Crippen molar-refractivity contribution in [2.45, 2.75) is 17.9 Å². The first-order chi connectivity index (χ1) is 12.0. The Hall–Kier alpha value is -2.05. The van der Waals surface area contributed by atoms with Crippen LogP contribution in [0.4, 0.5) is 11.4 Å². The topological polar surface area (TPSA) is 59.6 Å². The normalized spacial score (nSPS) is 11.6. The van der Waals surface area contributed by atoms with Gasteiger partial charge < -0.3 is 20.1 Å². The first-order valence-electron chi connectivity index (χ1n) is 7.62. The molecule has 0 spiro atoms. The number of methoxy groups -OCH3 is 2. The average molecular weight is 381 g/mol. The maximum Gasteiger partial charge on any atom is 0.246 e. The van der Waals surface area contributed by atoms with Crippen LogP contribution in [-0.4, -0.2) is 32.4 Å². The second-order valence-electron chi connectivity index (χ2n) is 5.24. The third-order valence-corrected chi connectivity index (χ3v) is 4.70. The van der Waals surface area contributed by atoms with Crippen molar-refractivity contribution in [2.75, 3.05) is 31.1 Å². The maximum absolute atomic E-state index is 12.5. The highest BCUT2D eigenvalue weighted by Gasteiger charge is 2.17. The van der Waals surface area contributed by atoms with Crippen molar-refractivity contribution in [2.24, 2.45) is 0 Å². The van der Waals surface area contributed by atoms with Crippen molar-refractivity contribution in [3.05, 3.63) is 41.4 Å². The number of hydrogen-bond acceptors (Lipinski definition) is 5. The van der Waals surface area contributed by atoms with Crippen LogP contribution in [0.5, 0.6) is 11.5 Å². The van der Waals surface area contributed by atoms with E-state index < -0.39 is 6.04 Å². The van der Waals surface area contributed by atoms with E-state index in [1.165, 1.54) is 7.11 Å². The fourth-order valence-electron chi connectivity index (χ4n) is 2.26. The van der Waals surface area contributed by atoms with Gasteiger partial charge in [0.25, 0.3) is 0 Å². The molecule has 0 heterocycles. The van der Waals surface area contributed by atoms with Gasteiger partial charge in [0.05, 0.1) is 30.6 Å². The average Bonchev–Trinajstić information content (AvgIpc) is 2.62. The first-order valence-corrected chi connectivity index (χ1v) is 9.22. The molecule has 2 aromatic carbocycles. The number of carbonyl (C=O) groups is 1. The number of rotatable bonds is 7. The number of thioether (sulfide) groups is 1. The summed E-state index contributed by atoms with van der Waals surface area (Å²) in [5.74, 6) is 0.899. The van der Waals surface area contributed by atoms with Crippen LogP contribution in [0.15, 0.2) is 41.3 Å². The monoisotopic (exact) mass is 380 g/mol. The largest absolute Gasteiger partial charge is 0.495 e. The summed E-state index contributed by atoms with van der Waals surface area (Å²) in [6.45, 7) is 1.77. The number of nitrogens with one attached hydrogen (secondary N) is 2. The van der Waals surface area contributed by atoms with E-state index in [9.17, 15) is 4.79 Å². The summed E-state index contributed by atoms with van der Waals surface area (Å²) < 4.78 is 10.5. The summed E-state index contributed by atoms with van der Waals surface area (Å²) in [7, 11) is 3.08. The Kier molecular flexibility index (Phi) is 6.84. The maximum atomic E-state index is 12.5. The summed E-state index contributed by atoms with van der Waals surface area (Å²) >= 11 is 7.75. The van der Waals surface area contributed by atoms with E-state index in [-0.39, 0.29) is 5.91 Å². The Morgan fingerprint density at radius 2 is 1.80 bits per heavy atom. The number of halogens is 1. The minimum absolute atomic E-state index is 0.157. The number of carbonyl (C=O) groups excluding carboxylic acids is 1. The van der Waals surface area contributed by atoms with Gasteiger partial charge in [0.1, 0.15) is 17.5 Å². The van der Waals surface area contributed by atoms with E-state index in [0.29, 0.717) is 22.2 Å². The zero-order chi connectivity index (χ0) is 18.4. The Bertz CT molecular complexity index is 755. The lowest BCUT2D eigenvalue weighted by Gasteiger charge is -2.19. The molecule has 0 radical (unpaired) electrons. The summed E-state index contributed by atoms with van der Waals surface area (Å²) in [5.41, 5.74) is 1.41. The van der Waals surface area contributed by atoms with Crippen molar-refractivity contribution in [3.63, 3.8) is 0 Å². The molecule has 0 aliphatic carbocycles. The molecule has 1 amide bonds. The SMILES string of the molecule is COc1cc(OC)c(N[C@@H](C)C(=O)Nc2ccccc2SC)cc1Cl. The Morgan fingerprint density at radius 3 is 2.44 bits per heavy atom. The quantitative estimate of drug-likeness (QED) is 0.691. The minimum Gasteiger partial charge on any atom is -0.495 e. The van der Waals surface area contributed by atoms with E-state index in [2.05, 4.69) is 10.6 Å². The van der Waals surface area contributed by atoms with Crippen LogP contribution in [-0.2, 0) is 4.79 Å². The molecule has 1 atom stereocenters. The highest BCUT2D eigenvalue weighted by atomic mass is 35.5. The number of benzene rings is 2. The predicted octanol–water partition coefficient (Wildman–Crippen LogP) is 4.52. The molecule has 134 valence electrons. The fraction of sp³-hybridized carbons (Fsp3) is 0.278. The molecule has 0 aliphatic rings. The number of hydrogen-bond donors (Lipinski definition) is 2. The van der Waals surface area contributed by atoms with Crippen molar-refractivity contribution < 1.29 is 14.3 Å². The van der Waals surface area contributed by atoms with Crippen molar-refractivity contribution in [3.8, 4) is 11.5 Å². The van der Waals surface area contributed by atoms with Gasteiger partial charge in [0.15, 0.2) is 0 Å². The second-order valence-corrected chi connectivity index (χ2v) is 6.50. The highest BCUT2D eigenvalue weighted by molar-refractivity contribution is 7.98. The Balaban J connectivity index is 2.15. The van der Waals surface area contributed by atoms with Crippen LogP contribution in [0.1, 0.15) is 6.92 Å². The van der Waals surface area contributed by atoms with E-state index in [4.69, 9.17) is 21.1 Å². The molecule has 0 bridgehead atoms. The van der Waals surface area contributed by atoms with E-state index in [1.54, 1.807) is 37.9 Å². The number of amides is 1. The van der Waals surface area contributed by atoms with Gasteiger partial charge in [-0.25, -0.2) is 0 Å². The van der Waals surface area contributed by atoms with Gasteiger partial charge in [0, 0.05) is 11.0 Å². The molecule has 2 rings (SSSR count). The van der Waals surface area contributed by atoms with Gasteiger partial charge in [-0.3, -0.25) is 4.79 Å². The van der Waals surface area contributed by atoms with Gasteiger partial charge in [-0.05, 0) is 31.4 Å². The van der Waals surface area contributed by atoms with Crippen LogP contribution >= 0.6 is 23.4 Å². The Morgan fingerprint density at radius 1 is 1.12 bits per heavy atom. The number of ether oxygens (including phenoxy) is 2. The lowest BCUT2D eigenvalue weighted by molar-refractivity contribution is -0.116. The summed E-state index contributed by atoms with van der Waals surface area (Å²) in [5, 5.41) is 6.50. The van der Waals surface area contributed by atoms with Crippen molar-refractivity contribution in [1.82, 2.24) is 0 Å². The third kappa shape index (κ3) is 4.74. The Labute approximate surface area is 157 Å². The van der Waals surface area contributed by atoms with Crippen LogP contribution in [0.2, 0.25) is 5.02 Å². The highest BCUT2D eigenvalue weighted by Crippen LogP contribution is 2.36. The van der Waals surface area contributed by atoms with Crippen LogP contribution < -0.4 is 20.1 Å². The van der Waals surface area contributed by atoms with Gasteiger partial charge >= 0.3 is 0 Å². The number of anilines is 2. The summed E-state index contributed by atoms with van der Waals surface area (Å²) in [6, 6.07) is 10.5. The predicted molar refractivity (Wildman–Crippen MR) is 104 cm³/mol. The molecule has 0 unspecified atom stereocenters. The molecular weight excluding hydrogens is 360 g/mol. The zero-order valence-electron chi connectivity index (χ0n) is 14.6. The standard InChI is InChI=1S/C18H21ClN2O3S/c1-11(18(22)21-13-7-5-6-8-17(13)25-4)20-14-9-12(19)15(23-2)10-16(14)24-3/h5-11,20H,1-4H3,(H,21,22)/t11-/m0/s1. The van der Waals surface area contributed by atoms with Gasteiger partial charge in [-0.15, -0.1) is 11.8 Å². The van der Waals surface area contributed by atoms with E-state index >= 15 is 0 Å². The zero-order valence-corrected chi connectivity index (χ0v) is 16.1. The third-order valence-electron chi connectivity index (χ3n) is 3.60. The molecule has 0 aliphatic heterocycles. The number of para-hydroxylation sites is 1. The molecule has 5 nitrogen and oxygen atoms in total. The molecule has 25 heavy (non-hydrogen) atoms. The van der Waals surface area contributed by atoms with Crippen LogP contribution in [0.3, 0.4) is 0 Å². The molecular formula is C18H21ClN2O3S. The lowest BCUT2D eigenvalue weighted by Crippen LogP contribution is -2.32. The first kappa shape index (κ1) is 19.3. The van der Waals surface area contributed by atoms with E-state index in [0.717, 1.165) is 10.6 Å². The van der Waals surface area contributed by atoms with Crippen molar-refractivity contribution in [1.29, 1.82) is 0 Å². The molecule has 0 fully saturated rings. The van der Waals surface area contributed by atoms with Crippen molar-refractivity contribution >= 4 is 40.6 Å². The minimum atomic E-state index is -0.492. The summed E-state index contributed by atoms with van der Waals surface area (Å²) in [4.78, 5) is 13.5. The second kappa shape index (κ2) is 8.87. The van der Waals surface area contributed by atoms with Gasteiger partial charge in [-0.2, -0.15) is 0 Å². The van der Waals surface area contributed by atoms with Crippen LogP contribution in [0.25, 0.3) is 0 Å².